The van der Waals surface area contributed by atoms with Gasteiger partial charge in [-0.1, -0.05) is 68.3 Å². The molecule has 5 rings (SSSR count). The van der Waals surface area contributed by atoms with Gasteiger partial charge < -0.3 is 4.57 Å². The molecule has 27 heavy (non-hydrogen) atoms. The molecule has 0 radical (unpaired) electrons. The first-order chi connectivity index (χ1) is 13.0. The van der Waals surface area contributed by atoms with Gasteiger partial charge in [0.25, 0.3) is 0 Å². The van der Waals surface area contributed by atoms with Crippen molar-refractivity contribution >= 4 is 64.4 Å². The number of hydrogen-bond acceptors (Lipinski definition) is 0. The monoisotopic (exact) mass is 477 g/mol. The molecule has 0 aliphatic rings. The van der Waals surface area contributed by atoms with Crippen LogP contribution in [0.5, 0.6) is 0 Å². The molecule has 0 spiro atoms. The van der Waals surface area contributed by atoms with Gasteiger partial charge in [0.15, 0.2) is 0 Å². The quantitative estimate of drug-likeness (QED) is 0.229. The topological polar surface area (TPSA) is 4.93 Å². The van der Waals surface area contributed by atoms with Crippen molar-refractivity contribution in [3.8, 4) is 5.69 Å². The van der Waals surface area contributed by atoms with E-state index in [1.165, 1.54) is 49.4 Å². The molecule has 5 aromatic rings. The predicted octanol–water partition coefficient (Wildman–Crippen LogP) is 8.08. The second kappa shape index (κ2) is 6.22. The van der Waals surface area contributed by atoms with E-state index in [4.69, 9.17) is 0 Å². The van der Waals surface area contributed by atoms with Crippen LogP contribution in [0.2, 0.25) is 0 Å². The van der Waals surface area contributed by atoms with Gasteiger partial charge in [0.2, 0.25) is 0 Å². The molecule has 4 aromatic carbocycles. The summed E-state index contributed by atoms with van der Waals surface area (Å²) in [6, 6.07) is 24.2. The minimum atomic E-state index is 1.09. The van der Waals surface area contributed by atoms with Crippen LogP contribution >= 0.6 is 31.9 Å². The fourth-order valence-corrected chi connectivity index (χ4v) is 5.08. The van der Waals surface area contributed by atoms with E-state index in [1.807, 2.05) is 0 Å². The number of aromatic nitrogens is 1. The smallest absolute Gasteiger partial charge is 0.0558 e. The van der Waals surface area contributed by atoms with Gasteiger partial charge in [-0.15, -0.1) is 0 Å². The van der Waals surface area contributed by atoms with E-state index >= 15 is 0 Å². The van der Waals surface area contributed by atoms with Gasteiger partial charge in [-0.3, -0.25) is 0 Å². The summed E-state index contributed by atoms with van der Waals surface area (Å²) in [6.45, 7) is 4.32. The molecule has 0 N–H and O–H groups in total. The summed E-state index contributed by atoms with van der Waals surface area (Å²) in [5.41, 5.74) is 6.18. The Balaban J connectivity index is 2.07. The van der Waals surface area contributed by atoms with Crippen LogP contribution in [-0.4, -0.2) is 4.57 Å². The molecule has 1 aromatic heterocycles. The van der Waals surface area contributed by atoms with Crippen LogP contribution < -0.4 is 0 Å². The fraction of sp³-hybridized carbons (Fsp3) is 0.0833. The summed E-state index contributed by atoms with van der Waals surface area (Å²) >= 11 is 7.47. The van der Waals surface area contributed by atoms with Crippen molar-refractivity contribution in [2.45, 2.75) is 13.8 Å². The number of fused-ring (bicyclic) bond motifs is 5. The lowest BCUT2D eigenvalue weighted by atomic mass is 10.0. The van der Waals surface area contributed by atoms with Gasteiger partial charge in [0, 0.05) is 25.4 Å². The number of halogens is 2. The van der Waals surface area contributed by atoms with Crippen LogP contribution in [-0.2, 0) is 0 Å². The molecule has 0 saturated heterocycles. The average Bonchev–Trinajstić information content (AvgIpc) is 2.94. The molecule has 132 valence electrons. The van der Waals surface area contributed by atoms with Crippen molar-refractivity contribution < 1.29 is 0 Å². The molecule has 3 heteroatoms. The highest BCUT2D eigenvalue weighted by molar-refractivity contribution is 9.11. The molecule has 0 aliphatic carbocycles. The van der Waals surface area contributed by atoms with Gasteiger partial charge in [0.05, 0.1) is 11.0 Å². The molecule has 0 atom stereocenters. The summed E-state index contributed by atoms with van der Waals surface area (Å²) in [7, 11) is 0. The SMILES string of the molecule is Cc1cc(C)cc(-n2c3cc(Br)ccc3c3c4ccccc4c(Br)cc32)c1. The zero-order valence-electron chi connectivity index (χ0n) is 15.1. The number of benzene rings is 4. The zero-order chi connectivity index (χ0) is 18.7. The highest BCUT2D eigenvalue weighted by Crippen LogP contribution is 2.40. The molecule has 0 saturated carbocycles. The second-order valence-electron chi connectivity index (χ2n) is 7.14. The van der Waals surface area contributed by atoms with E-state index < -0.39 is 0 Å². The first kappa shape index (κ1) is 17.0. The Labute approximate surface area is 174 Å². The van der Waals surface area contributed by atoms with Crippen molar-refractivity contribution in [3.63, 3.8) is 0 Å². The minimum absolute atomic E-state index is 1.09. The minimum Gasteiger partial charge on any atom is -0.309 e. The highest BCUT2D eigenvalue weighted by Gasteiger charge is 2.17. The van der Waals surface area contributed by atoms with E-state index in [-0.39, 0.29) is 0 Å². The molecule has 0 unspecified atom stereocenters. The van der Waals surface area contributed by atoms with Crippen molar-refractivity contribution in [1.82, 2.24) is 4.57 Å². The molecule has 0 aliphatic heterocycles. The first-order valence-corrected chi connectivity index (χ1v) is 10.5. The lowest BCUT2D eigenvalue weighted by Crippen LogP contribution is -1.95. The Morgan fingerprint density at radius 1 is 0.667 bits per heavy atom. The van der Waals surface area contributed by atoms with Crippen LogP contribution in [0.4, 0.5) is 0 Å². The van der Waals surface area contributed by atoms with Crippen molar-refractivity contribution in [2.24, 2.45) is 0 Å². The maximum atomic E-state index is 3.80. The lowest BCUT2D eigenvalue weighted by Gasteiger charge is -2.11. The highest BCUT2D eigenvalue weighted by atomic mass is 79.9. The molecular formula is C24H17Br2N. The van der Waals surface area contributed by atoms with E-state index in [1.54, 1.807) is 0 Å². The molecular weight excluding hydrogens is 462 g/mol. The maximum Gasteiger partial charge on any atom is 0.0558 e. The van der Waals surface area contributed by atoms with Crippen LogP contribution in [0.1, 0.15) is 11.1 Å². The molecule has 0 bridgehead atoms. The number of nitrogens with zero attached hydrogens (tertiary/aromatic N) is 1. The van der Waals surface area contributed by atoms with E-state index in [2.05, 4.69) is 117 Å². The number of hydrogen-bond donors (Lipinski definition) is 0. The average molecular weight is 479 g/mol. The van der Waals surface area contributed by atoms with Gasteiger partial charge in [-0.2, -0.15) is 0 Å². The number of rotatable bonds is 1. The number of aryl methyl sites for hydroxylation is 2. The van der Waals surface area contributed by atoms with Gasteiger partial charge in [-0.05, 0) is 66.1 Å². The normalized spacial score (nSPS) is 11.7. The Hall–Kier alpha value is -2.10. The summed E-state index contributed by atoms with van der Waals surface area (Å²) in [4.78, 5) is 0. The Morgan fingerprint density at radius 3 is 2.11 bits per heavy atom. The van der Waals surface area contributed by atoms with Crippen molar-refractivity contribution in [1.29, 1.82) is 0 Å². The Morgan fingerprint density at radius 2 is 1.37 bits per heavy atom. The van der Waals surface area contributed by atoms with Gasteiger partial charge in [0.1, 0.15) is 0 Å². The van der Waals surface area contributed by atoms with E-state index in [9.17, 15) is 0 Å². The molecule has 0 amide bonds. The van der Waals surface area contributed by atoms with Crippen LogP contribution in [0.15, 0.2) is 75.7 Å². The van der Waals surface area contributed by atoms with Gasteiger partial charge >= 0.3 is 0 Å². The second-order valence-corrected chi connectivity index (χ2v) is 8.91. The Kier molecular flexibility index (Phi) is 3.92. The van der Waals surface area contributed by atoms with Crippen LogP contribution in [0, 0.1) is 13.8 Å². The summed E-state index contributed by atoms with van der Waals surface area (Å²) < 4.78 is 4.59. The summed E-state index contributed by atoms with van der Waals surface area (Å²) in [6.07, 6.45) is 0. The maximum absolute atomic E-state index is 3.80. The van der Waals surface area contributed by atoms with Crippen LogP contribution in [0.3, 0.4) is 0 Å². The standard InChI is InChI=1S/C24H17Br2N/c1-14-9-15(2)11-17(10-14)27-22-12-16(25)7-8-20(22)24-19-6-4-3-5-18(19)21(26)13-23(24)27/h3-13H,1-2H3. The van der Waals surface area contributed by atoms with Crippen LogP contribution in [0.25, 0.3) is 38.3 Å². The molecule has 0 fully saturated rings. The zero-order valence-corrected chi connectivity index (χ0v) is 18.2. The third kappa shape index (κ3) is 2.64. The largest absolute Gasteiger partial charge is 0.309 e. The lowest BCUT2D eigenvalue weighted by molar-refractivity contribution is 1.16. The third-order valence-electron chi connectivity index (χ3n) is 5.15. The fourth-order valence-electron chi connectivity index (χ4n) is 4.17. The van der Waals surface area contributed by atoms with E-state index in [0.717, 1.165) is 8.95 Å². The summed E-state index contributed by atoms with van der Waals surface area (Å²) in [5.74, 6) is 0. The molecule has 1 nitrogen and oxygen atoms in total. The Bertz CT molecular complexity index is 1340. The first-order valence-electron chi connectivity index (χ1n) is 8.92. The summed E-state index contributed by atoms with van der Waals surface area (Å²) in [5, 5.41) is 5.09. The van der Waals surface area contributed by atoms with Crippen molar-refractivity contribution in [2.75, 3.05) is 0 Å². The predicted molar refractivity (Wildman–Crippen MR) is 123 cm³/mol. The van der Waals surface area contributed by atoms with E-state index in [0.29, 0.717) is 0 Å². The molecule has 1 heterocycles. The van der Waals surface area contributed by atoms with Crippen molar-refractivity contribution in [3.05, 3.63) is 86.8 Å². The van der Waals surface area contributed by atoms with Gasteiger partial charge in [-0.25, -0.2) is 0 Å². The third-order valence-corrected chi connectivity index (χ3v) is 6.30.